The topological polar surface area (TPSA) is 72.0 Å². The van der Waals surface area contributed by atoms with E-state index in [1.54, 1.807) is 6.07 Å². The molecule has 4 rings (SSSR count). The molecule has 6 heteroatoms. The summed E-state index contributed by atoms with van der Waals surface area (Å²) in [4.78, 5) is 32.9. The van der Waals surface area contributed by atoms with Crippen LogP contribution >= 0.6 is 11.3 Å². The van der Waals surface area contributed by atoms with E-state index in [0.29, 0.717) is 21.6 Å². The molecular formula is C22H18N2O3S. The zero-order valence-electron chi connectivity index (χ0n) is 15.5. The summed E-state index contributed by atoms with van der Waals surface area (Å²) in [5.41, 5.74) is 4.02. The quantitative estimate of drug-likeness (QED) is 0.516. The molecule has 1 N–H and O–H groups in total. The van der Waals surface area contributed by atoms with Crippen molar-refractivity contribution in [1.29, 1.82) is 0 Å². The van der Waals surface area contributed by atoms with E-state index in [-0.39, 0.29) is 12.2 Å². The Morgan fingerprint density at radius 1 is 1.11 bits per heavy atom. The fourth-order valence-electron chi connectivity index (χ4n) is 3.08. The molecule has 0 saturated heterocycles. The molecule has 140 valence electrons. The monoisotopic (exact) mass is 390 g/mol. The predicted octanol–water partition coefficient (Wildman–Crippen LogP) is 4.63. The lowest BCUT2D eigenvalue weighted by molar-refractivity contribution is 0.0461. The maximum Gasteiger partial charge on any atom is 0.338 e. The van der Waals surface area contributed by atoms with E-state index in [1.807, 2.05) is 61.7 Å². The average molecular weight is 390 g/mol. The number of hydrogen-bond donors (Lipinski definition) is 1. The van der Waals surface area contributed by atoms with Crippen LogP contribution in [0.1, 0.15) is 27.3 Å². The van der Waals surface area contributed by atoms with Gasteiger partial charge in [-0.05, 0) is 36.6 Å². The van der Waals surface area contributed by atoms with E-state index < -0.39 is 5.97 Å². The highest BCUT2D eigenvalue weighted by molar-refractivity contribution is 7.17. The largest absolute Gasteiger partial charge is 0.454 e. The fraction of sp³-hybridized carbons (Fsp3) is 0.136. The van der Waals surface area contributed by atoms with Crippen molar-refractivity contribution in [2.75, 3.05) is 0 Å². The summed E-state index contributed by atoms with van der Waals surface area (Å²) in [5.74, 6) is -0.0993. The molecule has 4 aromatic rings. The molecule has 0 aliphatic carbocycles. The van der Waals surface area contributed by atoms with Crippen molar-refractivity contribution in [3.8, 4) is 11.1 Å². The van der Waals surface area contributed by atoms with Crippen LogP contribution in [-0.2, 0) is 11.3 Å². The number of ether oxygens (including phenoxy) is 1. The molecule has 0 spiro atoms. The molecule has 2 aromatic heterocycles. The molecule has 0 saturated carbocycles. The van der Waals surface area contributed by atoms with E-state index in [1.165, 1.54) is 11.3 Å². The minimum Gasteiger partial charge on any atom is -0.454 e. The number of carbonyl (C=O) groups is 1. The van der Waals surface area contributed by atoms with Gasteiger partial charge in [0.2, 0.25) is 0 Å². The van der Waals surface area contributed by atoms with E-state index >= 15 is 0 Å². The molecule has 2 aromatic carbocycles. The van der Waals surface area contributed by atoms with Gasteiger partial charge in [-0.1, -0.05) is 42.5 Å². The number of nitrogens with zero attached hydrogens (tertiary/aromatic N) is 1. The fourth-order valence-corrected chi connectivity index (χ4v) is 4.04. The number of thiophene rings is 1. The second-order valence-electron chi connectivity index (χ2n) is 6.53. The van der Waals surface area contributed by atoms with Gasteiger partial charge in [-0.3, -0.25) is 4.79 Å². The first-order valence-electron chi connectivity index (χ1n) is 8.84. The Balaban J connectivity index is 1.60. The average Bonchev–Trinajstić information content (AvgIpc) is 3.13. The first kappa shape index (κ1) is 18.1. The highest BCUT2D eigenvalue weighted by atomic mass is 32.1. The molecular weight excluding hydrogens is 372 g/mol. The van der Waals surface area contributed by atoms with E-state index in [4.69, 9.17) is 4.74 Å². The Morgan fingerprint density at radius 2 is 1.89 bits per heavy atom. The number of hydrogen-bond acceptors (Lipinski definition) is 5. The zero-order chi connectivity index (χ0) is 19.7. The van der Waals surface area contributed by atoms with Crippen molar-refractivity contribution in [1.82, 2.24) is 9.97 Å². The number of esters is 1. The minimum absolute atomic E-state index is 0.0873. The van der Waals surface area contributed by atoms with Gasteiger partial charge in [-0.2, -0.15) is 0 Å². The van der Waals surface area contributed by atoms with Crippen LogP contribution in [0.4, 0.5) is 0 Å². The van der Waals surface area contributed by atoms with Crippen LogP contribution in [0.2, 0.25) is 0 Å². The summed E-state index contributed by atoms with van der Waals surface area (Å²) >= 11 is 1.40. The summed E-state index contributed by atoms with van der Waals surface area (Å²) in [5, 5.41) is 2.48. The van der Waals surface area contributed by atoms with Crippen LogP contribution in [0.3, 0.4) is 0 Å². The molecule has 0 fully saturated rings. The predicted molar refractivity (Wildman–Crippen MR) is 111 cm³/mol. The maximum atomic E-state index is 12.6. The van der Waals surface area contributed by atoms with Crippen LogP contribution in [-0.4, -0.2) is 15.9 Å². The molecule has 5 nitrogen and oxygen atoms in total. The summed E-state index contributed by atoms with van der Waals surface area (Å²) in [7, 11) is 0. The SMILES string of the molecule is Cc1cccc(C(=O)OCc2nc3scc(-c4ccccc4)c3c(=O)[nH]2)c1C. The molecule has 2 heterocycles. The molecule has 0 bridgehead atoms. The molecule has 0 amide bonds. The minimum atomic E-state index is -0.430. The Hall–Kier alpha value is -3.25. The van der Waals surface area contributed by atoms with Crippen LogP contribution in [0.5, 0.6) is 0 Å². The Kier molecular flexibility index (Phi) is 4.79. The van der Waals surface area contributed by atoms with E-state index in [9.17, 15) is 9.59 Å². The second-order valence-corrected chi connectivity index (χ2v) is 7.39. The third-order valence-corrected chi connectivity index (χ3v) is 5.61. The van der Waals surface area contributed by atoms with Gasteiger partial charge in [0, 0.05) is 10.9 Å². The number of aryl methyl sites for hydroxylation is 1. The number of rotatable bonds is 4. The van der Waals surface area contributed by atoms with Gasteiger partial charge in [0.25, 0.3) is 5.56 Å². The highest BCUT2D eigenvalue weighted by Gasteiger charge is 2.15. The Labute approximate surface area is 165 Å². The van der Waals surface area contributed by atoms with Crippen molar-refractivity contribution in [2.24, 2.45) is 0 Å². The normalized spacial score (nSPS) is 10.9. The van der Waals surface area contributed by atoms with Gasteiger partial charge >= 0.3 is 5.97 Å². The number of aromatic nitrogens is 2. The van der Waals surface area contributed by atoms with Crippen LogP contribution in [0.25, 0.3) is 21.3 Å². The molecule has 0 atom stereocenters. The second kappa shape index (κ2) is 7.40. The first-order chi connectivity index (χ1) is 13.5. The maximum absolute atomic E-state index is 12.6. The first-order valence-corrected chi connectivity index (χ1v) is 9.71. The Bertz CT molecular complexity index is 1230. The number of nitrogens with one attached hydrogen (secondary N) is 1. The lowest BCUT2D eigenvalue weighted by Gasteiger charge is -2.08. The summed E-state index contributed by atoms with van der Waals surface area (Å²) < 4.78 is 5.38. The van der Waals surface area contributed by atoms with Gasteiger partial charge in [-0.15, -0.1) is 11.3 Å². The van der Waals surface area contributed by atoms with Gasteiger partial charge in [0.15, 0.2) is 0 Å². The van der Waals surface area contributed by atoms with Crippen molar-refractivity contribution in [3.63, 3.8) is 0 Å². The third kappa shape index (κ3) is 3.34. The van der Waals surface area contributed by atoms with Gasteiger partial charge in [0.1, 0.15) is 17.3 Å². The Morgan fingerprint density at radius 3 is 2.68 bits per heavy atom. The molecule has 0 unspecified atom stereocenters. The zero-order valence-corrected chi connectivity index (χ0v) is 16.3. The van der Waals surface area contributed by atoms with Crippen molar-refractivity contribution < 1.29 is 9.53 Å². The lowest BCUT2D eigenvalue weighted by atomic mass is 10.0. The summed E-state index contributed by atoms with van der Waals surface area (Å²) in [6.45, 7) is 3.74. The molecule has 0 aliphatic rings. The number of H-pyrrole nitrogens is 1. The summed E-state index contributed by atoms with van der Waals surface area (Å²) in [6.07, 6.45) is 0. The van der Waals surface area contributed by atoms with Crippen LogP contribution in [0, 0.1) is 13.8 Å². The lowest BCUT2D eigenvalue weighted by Crippen LogP contribution is -2.14. The highest BCUT2D eigenvalue weighted by Crippen LogP contribution is 2.30. The molecule has 28 heavy (non-hydrogen) atoms. The van der Waals surface area contributed by atoms with Crippen molar-refractivity contribution in [2.45, 2.75) is 20.5 Å². The number of carbonyl (C=O) groups excluding carboxylic acids is 1. The molecule has 0 aliphatic heterocycles. The number of benzene rings is 2. The van der Waals surface area contributed by atoms with Crippen LogP contribution < -0.4 is 5.56 Å². The third-order valence-electron chi connectivity index (χ3n) is 4.74. The van der Waals surface area contributed by atoms with E-state index in [0.717, 1.165) is 22.3 Å². The van der Waals surface area contributed by atoms with Crippen LogP contribution in [0.15, 0.2) is 58.7 Å². The van der Waals surface area contributed by atoms with Crippen molar-refractivity contribution >= 4 is 27.5 Å². The standard InChI is InChI=1S/C22H18N2O3S/c1-13-7-6-10-16(14(13)2)22(26)27-11-18-23-20(25)19-17(12-28-21(19)24-18)15-8-4-3-5-9-15/h3-10,12H,11H2,1-2H3,(H,23,24,25). The van der Waals surface area contributed by atoms with Crippen molar-refractivity contribution in [3.05, 3.63) is 86.8 Å². The smallest absolute Gasteiger partial charge is 0.338 e. The van der Waals surface area contributed by atoms with Gasteiger partial charge < -0.3 is 9.72 Å². The number of fused-ring (bicyclic) bond motifs is 1. The summed E-state index contributed by atoms with van der Waals surface area (Å²) in [6, 6.07) is 15.2. The number of aromatic amines is 1. The van der Waals surface area contributed by atoms with E-state index in [2.05, 4.69) is 9.97 Å². The van der Waals surface area contributed by atoms with Gasteiger partial charge in [0.05, 0.1) is 10.9 Å². The van der Waals surface area contributed by atoms with Gasteiger partial charge in [-0.25, -0.2) is 9.78 Å². The molecule has 0 radical (unpaired) electrons.